The fourth-order valence-electron chi connectivity index (χ4n) is 3.15. The van der Waals surface area contributed by atoms with E-state index >= 15 is 0 Å². The van der Waals surface area contributed by atoms with E-state index in [0.717, 1.165) is 16.7 Å². The van der Waals surface area contributed by atoms with Crippen molar-refractivity contribution >= 4 is 5.91 Å². The number of aromatic nitrogens is 2. The maximum atomic E-state index is 12.5. The lowest BCUT2D eigenvalue weighted by molar-refractivity contribution is -0.153. The summed E-state index contributed by atoms with van der Waals surface area (Å²) in [5, 5.41) is 11.0. The number of halogens is 3. The Morgan fingerprint density at radius 1 is 0.941 bits per heavy atom. The molecule has 0 saturated heterocycles. The summed E-state index contributed by atoms with van der Waals surface area (Å²) in [6, 6.07) is 20.5. The number of alkyl halides is 3. The van der Waals surface area contributed by atoms with Crippen LogP contribution in [0.2, 0.25) is 0 Å². The first-order chi connectivity index (χ1) is 16.3. The highest BCUT2D eigenvalue weighted by atomic mass is 19.4. The van der Waals surface area contributed by atoms with E-state index in [1.165, 1.54) is 12.1 Å². The van der Waals surface area contributed by atoms with Crippen molar-refractivity contribution < 1.29 is 27.1 Å². The van der Waals surface area contributed by atoms with Gasteiger partial charge in [0.1, 0.15) is 5.75 Å². The molecule has 0 bridgehead atoms. The lowest BCUT2D eigenvalue weighted by Gasteiger charge is -2.10. The van der Waals surface area contributed by atoms with Gasteiger partial charge >= 0.3 is 6.18 Å². The van der Waals surface area contributed by atoms with Crippen LogP contribution in [0, 0.1) is 6.92 Å². The number of hydrogen-bond acceptors (Lipinski definition) is 5. The van der Waals surface area contributed by atoms with E-state index in [1.54, 1.807) is 36.4 Å². The molecule has 0 atom stereocenters. The Hall–Kier alpha value is -4.14. The number of benzene rings is 3. The first-order valence-electron chi connectivity index (χ1n) is 10.3. The topological polar surface area (TPSA) is 77.2 Å². The third-order valence-corrected chi connectivity index (χ3v) is 4.86. The van der Waals surface area contributed by atoms with Gasteiger partial charge in [0.15, 0.2) is 6.61 Å². The zero-order valence-corrected chi connectivity index (χ0v) is 18.1. The Bertz CT molecular complexity index is 1270. The van der Waals surface area contributed by atoms with Gasteiger partial charge in [0, 0.05) is 23.2 Å². The van der Waals surface area contributed by atoms with E-state index in [0.29, 0.717) is 22.9 Å². The fraction of sp³-hybridized carbons (Fsp3) is 0.160. The summed E-state index contributed by atoms with van der Waals surface area (Å²) in [6.07, 6.45) is -4.39. The van der Waals surface area contributed by atoms with E-state index in [-0.39, 0.29) is 18.2 Å². The first-order valence-corrected chi connectivity index (χ1v) is 10.3. The number of amides is 1. The van der Waals surface area contributed by atoms with E-state index in [1.807, 2.05) is 31.2 Å². The van der Waals surface area contributed by atoms with Crippen molar-refractivity contribution in [2.75, 3.05) is 6.61 Å². The van der Waals surface area contributed by atoms with Crippen molar-refractivity contribution in [3.8, 4) is 28.7 Å². The van der Waals surface area contributed by atoms with Crippen molar-refractivity contribution in [2.24, 2.45) is 0 Å². The largest absolute Gasteiger partial charge is 0.484 e. The molecule has 1 aromatic heterocycles. The third kappa shape index (κ3) is 6.00. The molecular formula is C25H20F3N3O3. The zero-order valence-electron chi connectivity index (χ0n) is 18.1. The normalized spacial score (nSPS) is 11.3. The summed E-state index contributed by atoms with van der Waals surface area (Å²) in [6.45, 7) is 0.840. The van der Waals surface area contributed by atoms with Crippen LogP contribution in [0.1, 0.15) is 21.5 Å². The second-order valence-corrected chi connectivity index (χ2v) is 7.59. The van der Waals surface area contributed by atoms with Crippen molar-refractivity contribution in [1.82, 2.24) is 15.5 Å². The predicted molar refractivity (Wildman–Crippen MR) is 119 cm³/mol. The number of rotatable bonds is 7. The number of nitrogens with one attached hydrogen (secondary N) is 1. The van der Waals surface area contributed by atoms with Gasteiger partial charge in [-0.05, 0) is 61.0 Å². The molecule has 1 N–H and O–H groups in total. The monoisotopic (exact) mass is 467 g/mol. The van der Waals surface area contributed by atoms with Gasteiger partial charge in [-0.25, -0.2) is 0 Å². The van der Waals surface area contributed by atoms with Crippen LogP contribution in [0.15, 0.2) is 77.2 Å². The molecule has 1 amide bonds. The molecule has 3 aromatic carbocycles. The average Bonchev–Trinajstić information content (AvgIpc) is 3.32. The van der Waals surface area contributed by atoms with Crippen LogP contribution in [0.3, 0.4) is 0 Å². The highest BCUT2D eigenvalue weighted by Gasteiger charge is 2.28. The summed E-state index contributed by atoms with van der Waals surface area (Å²) in [5.41, 5.74) is 3.75. The molecule has 0 aliphatic carbocycles. The molecule has 0 fully saturated rings. The molecule has 9 heteroatoms. The summed E-state index contributed by atoms with van der Waals surface area (Å²) in [7, 11) is 0. The molecular weight excluding hydrogens is 447 g/mol. The fourth-order valence-corrected chi connectivity index (χ4v) is 3.15. The molecule has 0 aliphatic rings. The molecule has 0 unspecified atom stereocenters. The molecule has 34 heavy (non-hydrogen) atoms. The average molecular weight is 467 g/mol. The SMILES string of the molecule is Cc1cccc(-c2nnc(-c3ccc(C(=O)NCc4ccc(OCC(F)(F)F)cc4)cc3)o2)c1. The van der Waals surface area contributed by atoms with Crippen LogP contribution < -0.4 is 10.1 Å². The van der Waals surface area contributed by atoms with Gasteiger partial charge in [-0.1, -0.05) is 29.8 Å². The van der Waals surface area contributed by atoms with Crippen LogP contribution >= 0.6 is 0 Å². The van der Waals surface area contributed by atoms with Gasteiger partial charge < -0.3 is 14.5 Å². The van der Waals surface area contributed by atoms with Gasteiger partial charge in [-0.3, -0.25) is 4.79 Å². The number of carbonyl (C=O) groups excluding carboxylic acids is 1. The maximum absolute atomic E-state index is 12.5. The Balaban J connectivity index is 1.34. The van der Waals surface area contributed by atoms with E-state index in [9.17, 15) is 18.0 Å². The number of aryl methyl sites for hydroxylation is 1. The number of carbonyl (C=O) groups is 1. The quantitative estimate of drug-likeness (QED) is 0.384. The maximum Gasteiger partial charge on any atom is 0.422 e. The summed E-state index contributed by atoms with van der Waals surface area (Å²) < 4.78 is 47.1. The highest BCUT2D eigenvalue weighted by Crippen LogP contribution is 2.25. The minimum Gasteiger partial charge on any atom is -0.484 e. The molecule has 0 spiro atoms. The van der Waals surface area contributed by atoms with Gasteiger partial charge in [0.05, 0.1) is 0 Å². The minimum absolute atomic E-state index is 0.106. The smallest absolute Gasteiger partial charge is 0.422 e. The molecule has 0 radical (unpaired) electrons. The zero-order chi connectivity index (χ0) is 24.1. The number of ether oxygens (including phenoxy) is 1. The first kappa shape index (κ1) is 23.0. The summed E-state index contributed by atoms with van der Waals surface area (Å²) in [5.74, 6) is 0.566. The molecule has 6 nitrogen and oxygen atoms in total. The Morgan fingerprint density at radius 3 is 2.26 bits per heavy atom. The molecule has 4 rings (SSSR count). The Morgan fingerprint density at radius 2 is 1.62 bits per heavy atom. The molecule has 0 saturated carbocycles. The summed E-state index contributed by atoms with van der Waals surface area (Å²) in [4.78, 5) is 12.5. The predicted octanol–water partition coefficient (Wildman–Crippen LogP) is 5.58. The second kappa shape index (κ2) is 9.78. The molecule has 4 aromatic rings. The highest BCUT2D eigenvalue weighted by molar-refractivity contribution is 5.94. The summed E-state index contributed by atoms with van der Waals surface area (Å²) >= 11 is 0. The van der Waals surface area contributed by atoms with E-state index in [4.69, 9.17) is 4.42 Å². The van der Waals surface area contributed by atoms with E-state index < -0.39 is 12.8 Å². The van der Waals surface area contributed by atoms with Crippen LogP contribution in [-0.4, -0.2) is 28.9 Å². The van der Waals surface area contributed by atoms with Gasteiger partial charge in [-0.2, -0.15) is 13.2 Å². The van der Waals surface area contributed by atoms with Crippen molar-refractivity contribution in [2.45, 2.75) is 19.6 Å². The lowest BCUT2D eigenvalue weighted by Crippen LogP contribution is -2.22. The standard InChI is InChI=1S/C25H20F3N3O3/c1-16-3-2-4-20(13-16)24-31-30-23(34-24)19-9-7-18(8-10-19)22(32)29-14-17-5-11-21(12-6-17)33-15-25(26,27)28/h2-13H,14-15H2,1H3,(H,29,32). The molecule has 0 aliphatic heterocycles. The van der Waals surface area contributed by atoms with Crippen LogP contribution in [0.4, 0.5) is 13.2 Å². The van der Waals surface area contributed by atoms with Crippen LogP contribution in [0.25, 0.3) is 22.9 Å². The van der Waals surface area contributed by atoms with Crippen molar-refractivity contribution in [1.29, 1.82) is 0 Å². The number of hydrogen-bond donors (Lipinski definition) is 1. The Labute approximate surface area is 193 Å². The number of nitrogens with zero attached hydrogens (tertiary/aromatic N) is 2. The van der Waals surface area contributed by atoms with Crippen molar-refractivity contribution in [3.05, 3.63) is 89.5 Å². The Kier molecular flexibility index (Phi) is 6.62. The third-order valence-electron chi connectivity index (χ3n) is 4.86. The van der Waals surface area contributed by atoms with Crippen LogP contribution in [-0.2, 0) is 6.54 Å². The van der Waals surface area contributed by atoms with E-state index in [2.05, 4.69) is 20.3 Å². The molecule has 1 heterocycles. The van der Waals surface area contributed by atoms with Gasteiger partial charge in [0.2, 0.25) is 11.8 Å². The minimum atomic E-state index is -4.39. The van der Waals surface area contributed by atoms with Gasteiger partial charge in [-0.15, -0.1) is 10.2 Å². The van der Waals surface area contributed by atoms with Crippen molar-refractivity contribution in [3.63, 3.8) is 0 Å². The second-order valence-electron chi connectivity index (χ2n) is 7.59. The lowest BCUT2D eigenvalue weighted by atomic mass is 10.1. The van der Waals surface area contributed by atoms with Crippen LogP contribution in [0.5, 0.6) is 5.75 Å². The van der Waals surface area contributed by atoms with Gasteiger partial charge in [0.25, 0.3) is 5.91 Å². The molecule has 174 valence electrons.